The van der Waals surface area contributed by atoms with Crippen molar-refractivity contribution in [1.29, 1.82) is 0 Å². The van der Waals surface area contributed by atoms with Crippen molar-refractivity contribution in [3.8, 4) is 11.1 Å². The zero-order valence-corrected chi connectivity index (χ0v) is 9.38. The zero-order valence-electron chi connectivity index (χ0n) is 9.38. The highest BCUT2D eigenvalue weighted by Crippen LogP contribution is 2.40. The van der Waals surface area contributed by atoms with Crippen molar-refractivity contribution in [3.05, 3.63) is 53.1 Å². The molecule has 2 aromatic carbocycles. The van der Waals surface area contributed by atoms with E-state index in [1.165, 1.54) is 6.07 Å². The lowest BCUT2D eigenvalue weighted by Gasteiger charge is -2.08. The first-order chi connectivity index (χ1) is 8.45. The highest BCUT2D eigenvalue weighted by atomic mass is 19.4. The average Bonchev–Trinajstić information content (AvgIpc) is 2.63. The molecule has 0 bridgehead atoms. The van der Waals surface area contributed by atoms with E-state index in [1.54, 1.807) is 12.1 Å². The second kappa shape index (κ2) is 3.51. The summed E-state index contributed by atoms with van der Waals surface area (Å²) in [5.41, 5.74) is 9.28. The first-order valence-electron chi connectivity index (χ1n) is 5.54. The van der Waals surface area contributed by atoms with E-state index in [-0.39, 0.29) is 0 Å². The van der Waals surface area contributed by atoms with Crippen molar-refractivity contribution in [2.45, 2.75) is 12.6 Å². The lowest BCUT2D eigenvalue weighted by atomic mass is 10.0. The number of nitrogens with two attached hydrogens (primary N) is 1. The SMILES string of the molecule is Nc1ccc2c(c1)Cc1cc(C(F)(F)F)ccc1-2. The van der Waals surface area contributed by atoms with Crippen LogP contribution in [0, 0.1) is 0 Å². The molecule has 0 spiro atoms. The Hall–Kier alpha value is -1.97. The summed E-state index contributed by atoms with van der Waals surface area (Å²) >= 11 is 0. The molecule has 4 heteroatoms. The minimum absolute atomic E-state index is 0.514. The van der Waals surface area contributed by atoms with Gasteiger partial charge in [-0.1, -0.05) is 12.1 Å². The number of halogens is 3. The van der Waals surface area contributed by atoms with E-state index in [1.807, 2.05) is 12.1 Å². The van der Waals surface area contributed by atoms with Crippen LogP contribution in [0.5, 0.6) is 0 Å². The number of benzene rings is 2. The van der Waals surface area contributed by atoms with Gasteiger partial charge in [-0.25, -0.2) is 0 Å². The third-order valence-electron chi connectivity index (χ3n) is 3.23. The van der Waals surface area contributed by atoms with Gasteiger partial charge in [0.15, 0.2) is 0 Å². The molecule has 0 radical (unpaired) electrons. The van der Waals surface area contributed by atoms with Crippen LogP contribution in [-0.4, -0.2) is 0 Å². The number of hydrogen-bond acceptors (Lipinski definition) is 1. The Morgan fingerprint density at radius 2 is 1.50 bits per heavy atom. The molecule has 0 atom stereocenters. The quantitative estimate of drug-likeness (QED) is 0.601. The van der Waals surface area contributed by atoms with Gasteiger partial charge in [0.2, 0.25) is 0 Å². The Labute approximate surface area is 102 Å². The fraction of sp³-hybridized carbons (Fsp3) is 0.143. The number of hydrogen-bond donors (Lipinski definition) is 1. The molecule has 0 saturated heterocycles. The Bertz CT molecular complexity index is 629. The van der Waals surface area contributed by atoms with Gasteiger partial charge in [0.25, 0.3) is 0 Å². The van der Waals surface area contributed by atoms with Gasteiger partial charge in [-0.3, -0.25) is 0 Å². The van der Waals surface area contributed by atoms with E-state index in [0.717, 1.165) is 22.8 Å². The maximum absolute atomic E-state index is 12.6. The van der Waals surface area contributed by atoms with Crippen LogP contribution < -0.4 is 5.73 Å². The molecule has 1 aliphatic carbocycles. The molecule has 1 aliphatic rings. The molecule has 0 aromatic heterocycles. The van der Waals surface area contributed by atoms with Gasteiger partial charge in [-0.05, 0) is 52.9 Å². The van der Waals surface area contributed by atoms with Gasteiger partial charge in [-0.2, -0.15) is 13.2 Å². The standard InChI is InChI=1S/C14H10F3N/c15-14(16,17)10-1-3-12-8(6-10)5-9-7-11(18)2-4-13(9)12/h1-4,6-7H,5,18H2. The molecule has 3 rings (SSSR count). The Kier molecular flexibility index (Phi) is 2.17. The van der Waals surface area contributed by atoms with Crippen LogP contribution >= 0.6 is 0 Å². The normalized spacial score (nSPS) is 13.3. The predicted molar refractivity (Wildman–Crippen MR) is 64.1 cm³/mol. The summed E-state index contributed by atoms with van der Waals surface area (Å²) in [6.45, 7) is 0. The minimum atomic E-state index is -4.29. The monoisotopic (exact) mass is 249 g/mol. The molecule has 0 unspecified atom stereocenters. The Morgan fingerprint density at radius 1 is 0.889 bits per heavy atom. The lowest BCUT2D eigenvalue weighted by Crippen LogP contribution is -2.05. The molecule has 0 amide bonds. The summed E-state index contributed by atoms with van der Waals surface area (Å²) in [6, 6.07) is 9.36. The largest absolute Gasteiger partial charge is 0.416 e. The molecule has 2 aromatic rings. The van der Waals surface area contributed by atoms with Crippen LogP contribution in [0.3, 0.4) is 0 Å². The number of fused-ring (bicyclic) bond motifs is 3. The summed E-state index contributed by atoms with van der Waals surface area (Å²) in [7, 11) is 0. The van der Waals surface area contributed by atoms with Crippen molar-refractivity contribution in [3.63, 3.8) is 0 Å². The Morgan fingerprint density at radius 3 is 2.17 bits per heavy atom. The minimum Gasteiger partial charge on any atom is -0.399 e. The van der Waals surface area contributed by atoms with E-state index >= 15 is 0 Å². The van der Waals surface area contributed by atoms with Gasteiger partial charge < -0.3 is 5.73 Å². The molecule has 18 heavy (non-hydrogen) atoms. The highest BCUT2D eigenvalue weighted by Gasteiger charge is 2.32. The maximum Gasteiger partial charge on any atom is 0.416 e. The van der Waals surface area contributed by atoms with Gasteiger partial charge in [-0.15, -0.1) is 0 Å². The smallest absolute Gasteiger partial charge is 0.399 e. The summed E-state index contributed by atoms with van der Waals surface area (Å²) in [5.74, 6) is 0. The van der Waals surface area contributed by atoms with E-state index in [0.29, 0.717) is 17.7 Å². The third kappa shape index (κ3) is 1.65. The van der Waals surface area contributed by atoms with Crippen LogP contribution in [0.4, 0.5) is 18.9 Å². The first-order valence-corrected chi connectivity index (χ1v) is 5.54. The summed E-state index contributed by atoms with van der Waals surface area (Å²) in [5, 5.41) is 0. The summed E-state index contributed by atoms with van der Waals surface area (Å²) < 4.78 is 37.9. The number of nitrogen functional groups attached to an aromatic ring is 1. The molecule has 0 heterocycles. The van der Waals surface area contributed by atoms with Crippen LogP contribution in [0.2, 0.25) is 0 Å². The fourth-order valence-electron chi connectivity index (χ4n) is 2.41. The van der Waals surface area contributed by atoms with E-state index in [9.17, 15) is 13.2 Å². The van der Waals surface area contributed by atoms with Crippen LogP contribution in [0.1, 0.15) is 16.7 Å². The molecule has 0 aliphatic heterocycles. The van der Waals surface area contributed by atoms with Crippen LogP contribution in [0.15, 0.2) is 36.4 Å². The number of rotatable bonds is 0. The molecule has 2 N–H and O–H groups in total. The number of alkyl halides is 3. The molecular weight excluding hydrogens is 239 g/mol. The van der Waals surface area contributed by atoms with Crippen LogP contribution in [-0.2, 0) is 12.6 Å². The van der Waals surface area contributed by atoms with Gasteiger partial charge in [0, 0.05) is 5.69 Å². The molecule has 0 saturated carbocycles. The third-order valence-corrected chi connectivity index (χ3v) is 3.23. The van der Waals surface area contributed by atoms with Crippen molar-refractivity contribution in [1.82, 2.24) is 0 Å². The van der Waals surface area contributed by atoms with Crippen molar-refractivity contribution in [2.75, 3.05) is 5.73 Å². The van der Waals surface area contributed by atoms with Crippen molar-refractivity contribution >= 4 is 5.69 Å². The second-order valence-electron chi connectivity index (χ2n) is 4.46. The van der Waals surface area contributed by atoms with Gasteiger partial charge >= 0.3 is 6.18 Å². The maximum atomic E-state index is 12.6. The zero-order chi connectivity index (χ0) is 12.9. The van der Waals surface area contributed by atoms with Crippen molar-refractivity contribution in [2.24, 2.45) is 0 Å². The van der Waals surface area contributed by atoms with E-state index in [2.05, 4.69) is 0 Å². The Balaban J connectivity index is 2.12. The average molecular weight is 249 g/mol. The van der Waals surface area contributed by atoms with Gasteiger partial charge in [0.05, 0.1) is 5.56 Å². The van der Waals surface area contributed by atoms with E-state index < -0.39 is 11.7 Å². The summed E-state index contributed by atoms with van der Waals surface area (Å²) in [4.78, 5) is 0. The highest BCUT2D eigenvalue weighted by molar-refractivity contribution is 5.78. The topological polar surface area (TPSA) is 26.0 Å². The molecule has 92 valence electrons. The number of anilines is 1. The molecule has 0 fully saturated rings. The fourth-order valence-corrected chi connectivity index (χ4v) is 2.41. The molecule has 1 nitrogen and oxygen atoms in total. The van der Waals surface area contributed by atoms with E-state index in [4.69, 9.17) is 5.73 Å². The lowest BCUT2D eigenvalue weighted by molar-refractivity contribution is -0.137. The molecular formula is C14H10F3N. The van der Waals surface area contributed by atoms with Crippen molar-refractivity contribution < 1.29 is 13.2 Å². The summed E-state index contributed by atoms with van der Waals surface area (Å²) in [6.07, 6.45) is -3.78. The predicted octanol–water partition coefficient (Wildman–Crippen LogP) is 3.86. The van der Waals surface area contributed by atoms with Gasteiger partial charge in [0.1, 0.15) is 0 Å². The second-order valence-corrected chi connectivity index (χ2v) is 4.46. The van der Waals surface area contributed by atoms with Crippen LogP contribution in [0.25, 0.3) is 11.1 Å². The first kappa shape index (κ1) is 11.1.